The van der Waals surface area contributed by atoms with Crippen molar-refractivity contribution in [1.29, 1.82) is 0 Å². The molecule has 1 aromatic heterocycles. The molecule has 1 heterocycles. The lowest BCUT2D eigenvalue weighted by atomic mass is 10.1. The number of benzene rings is 2. The van der Waals surface area contributed by atoms with Crippen LogP contribution in [0, 0.1) is 3.57 Å². The van der Waals surface area contributed by atoms with Crippen molar-refractivity contribution in [3.63, 3.8) is 0 Å². The molecule has 0 spiro atoms. The van der Waals surface area contributed by atoms with Crippen molar-refractivity contribution in [2.45, 2.75) is 13.0 Å². The van der Waals surface area contributed by atoms with E-state index in [9.17, 15) is 0 Å². The Morgan fingerprint density at radius 1 is 0.952 bits per heavy atom. The first-order chi connectivity index (χ1) is 10.2. The summed E-state index contributed by atoms with van der Waals surface area (Å²) < 4.78 is 3.37. The molecule has 0 fully saturated rings. The van der Waals surface area contributed by atoms with Crippen molar-refractivity contribution in [3.05, 3.63) is 82.2 Å². The zero-order valence-electron chi connectivity index (χ0n) is 11.8. The number of hydrogen-bond donors (Lipinski definition) is 1. The molecular weight excluding hydrogens is 371 g/mol. The normalized spacial score (nSPS) is 12.1. The second-order valence-corrected chi connectivity index (χ2v) is 6.30. The summed E-state index contributed by atoms with van der Waals surface area (Å²) in [5.41, 5.74) is 3.59. The van der Waals surface area contributed by atoms with Crippen molar-refractivity contribution in [1.82, 2.24) is 4.57 Å². The monoisotopic (exact) mass is 388 g/mol. The van der Waals surface area contributed by atoms with E-state index in [0.717, 1.165) is 5.69 Å². The van der Waals surface area contributed by atoms with E-state index in [2.05, 4.69) is 100 Å². The maximum absolute atomic E-state index is 3.56. The van der Waals surface area contributed by atoms with Crippen molar-refractivity contribution in [2.24, 2.45) is 0 Å². The largest absolute Gasteiger partial charge is 0.378 e. The number of aromatic nitrogens is 1. The van der Waals surface area contributed by atoms with Gasteiger partial charge in [-0.05, 0) is 77.5 Å². The zero-order chi connectivity index (χ0) is 14.7. The predicted octanol–water partition coefficient (Wildman–Crippen LogP) is 5.26. The number of nitrogens with zero attached hydrogens (tertiary/aromatic N) is 1. The van der Waals surface area contributed by atoms with Crippen molar-refractivity contribution >= 4 is 28.3 Å². The first kappa shape index (κ1) is 14.2. The molecule has 0 amide bonds. The van der Waals surface area contributed by atoms with Gasteiger partial charge in [-0.15, -0.1) is 0 Å². The third kappa shape index (κ3) is 3.47. The highest BCUT2D eigenvalue weighted by Crippen LogP contribution is 2.22. The van der Waals surface area contributed by atoms with Crippen molar-refractivity contribution in [3.8, 4) is 5.69 Å². The van der Waals surface area contributed by atoms with Gasteiger partial charge < -0.3 is 9.88 Å². The SMILES string of the molecule is CC(Nc1cccc(-n2cccc2)c1)c1ccc(I)cc1. The number of anilines is 1. The Hall–Kier alpha value is -1.75. The van der Waals surface area contributed by atoms with Crippen molar-refractivity contribution in [2.75, 3.05) is 5.32 Å². The summed E-state index contributed by atoms with van der Waals surface area (Å²) in [4.78, 5) is 0. The average molecular weight is 388 g/mol. The van der Waals surface area contributed by atoms with Gasteiger partial charge in [-0.3, -0.25) is 0 Å². The van der Waals surface area contributed by atoms with E-state index in [1.54, 1.807) is 0 Å². The summed E-state index contributed by atoms with van der Waals surface area (Å²) in [7, 11) is 0. The molecule has 1 atom stereocenters. The van der Waals surface area contributed by atoms with E-state index in [1.165, 1.54) is 14.8 Å². The summed E-state index contributed by atoms with van der Waals surface area (Å²) in [6.07, 6.45) is 4.11. The van der Waals surface area contributed by atoms with Crippen LogP contribution in [0.25, 0.3) is 5.69 Å². The van der Waals surface area contributed by atoms with Crippen LogP contribution in [0.5, 0.6) is 0 Å². The zero-order valence-corrected chi connectivity index (χ0v) is 14.0. The van der Waals surface area contributed by atoms with Gasteiger partial charge in [0.05, 0.1) is 0 Å². The van der Waals surface area contributed by atoms with Gasteiger partial charge in [-0.1, -0.05) is 18.2 Å². The molecule has 1 N–H and O–H groups in total. The summed E-state index contributed by atoms with van der Waals surface area (Å²) in [6.45, 7) is 2.19. The first-order valence-corrected chi connectivity index (χ1v) is 8.06. The van der Waals surface area contributed by atoms with Gasteiger partial charge in [0.2, 0.25) is 0 Å². The number of hydrogen-bond acceptors (Lipinski definition) is 1. The minimum absolute atomic E-state index is 0.280. The van der Waals surface area contributed by atoms with Gasteiger partial charge in [0.25, 0.3) is 0 Å². The Kier molecular flexibility index (Phi) is 4.29. The van der Waals surface area contributed by atoms with E-state index >= 15 is 0 Å². The lowest BCUT2D eigenvalue weighted by Gasteiger charge is -2.16. The molecule has 0 aliphatic heterocycles. The molecule has 1 unspecified atom stereocenters. The van der Waals surface area contributed by atoms with Gasteiger partial charge in [-0.25, -0.2) is 0 Å². The number of halogens is 1. The van der Waals surface area contributed by atoms with Crippen LogP contribution >= 0.6 is 22.6 Å². The van der Waals surface area contributed by atoms with Gasteiger partial charge in [-0.2, -0.15) is 0 Å². The molecule has 0 aliphatic carbocycles. The van der Waals surface area contributed by atoms with Gasteiger partial charge in [0.1, 0.15) is 0 Å². The molecule has 0 radical (unpaired) electrons. The maximum Gasteiger partial charge on any atom is 0.0485 e. The van der Waals surface area contributed by atoms with E-state index in [4.69, 9.17) is 0 Å². The molecule has 2 aromatic carbocycles. The Balaban J connectivity index is 1.78. The Bertz CT molecular complexity index is 702. The molecule has 2 nitrogen and oxygen atoms in total. The standard InChI is InChI=1S/C18H17IN2/c1-14(15-7-9-16(19)10-8-15)20-17-5-4-6-18(13-17)21-11-2-3-12-21/h2-14,20H,1H3. The van der Waals surface area contributed by atoms with E-state index < -0.39 is 0 Å². The highest BCUT2D eigenvalue weighted by atomic mass is 127. The second kappa shape index (κ2) is 6.35. The molecule has 3 aromatic rings. The molecule has 0 aliphatic rings. The fourth-order valence-electron chi connectivity index (χ4n) is 2.35. The lowest BCUT2D eigenvalue weighted by Crippen LogP contribution is -2.06. The number of rotatable bonds is 4. The molecule has 0 saturated heterocycles. The summed E-state index contributed by atoms with van der Waals surface area (Å²) >= 11 is 2.33. The quantitative estimate of drug-likeness (QED) is 0.604. The predicted molar refractivity (Wildman–Crippen MR) is 97.0 cm³/mol. The van der Waals surface area contributed by atoms with Crippen LogP contribution in [0.3, 0.4) is 0 Å². The van der Waals surface area contributed by atoms with Gasteiger partial charge >= 0.3 is 0 Å². The summed E-state index contributed by atoms with van der Waals surface area (Å²) in [6, 6.07) is 21.5. The Morgan fingerprint density at radius 3 is 2.38 bits per heavy atom. The van der Waals surface area contributed by atoms with E-state index in [1.807, 2.05) is 12.1 Å². The summed E-state index contributed by atoms with van der Waals surface area (Å²) in [5.74, 6) is 0. The van der Waals surface area contributed by atoms with Gasteiger partial charge in [0.15, 0.2) is 0 Å². The fraction of sp³-hybridized carbons (Fsp3) is 0.111. The van der Waals surface area contributed by atoms with Crippen LogP contribution < -0.4 is 5.32 Å². The smallest absolute Gasteiger partial charge is 0.0485 e. The topological polar surface area (TPSA) is 17.0 Å². The third-order valence-corrected chi connectivity index (χ3v) is 4.22. The van der Waals surface area contributed by atoms with Crippen LogP contribution in [-0.2, 0) is 0 Å². The molecule has 21 heavy (non-hydrogen) atoms. The highest BCUT2D eigenvalue weighted by molar-refractivity contribution is 14.1. The maximum atomic E-state index is 3.56. The van der Waals surface area contributed by atoms with Crippen LogP contribution in [0.15, 0.2) is 73.1 Å². The summed E-state index contributed by atoms with van der Waals surface area (Å²) in [5, 5.41) is 3.56. The molecule has 106 valence electrons. The Labute approximate surface area is 139 Å². The third-order valence-electron chi connectivity index (χ3n) is 3.50. The minimum atomic E-state index is 0.280. The first-order valence-electron chi connectivity index (χ1n) is 6.98. The van der Waals surface area contributed by atoms with Crippen LogP contribution in [-0.4, -0.2) is 4.57 Å². The highest BCUT2D eigenvalue weighted by Gasteiger charge is 2.05. The van der Waals surface area contributed by atoms with Crippen LogP contribution in [0.2, 0.25) is 0 Å². The van der Waals surface area contributed by atoms with E-state index in [-0.39, 0.29) is 6.04 Å². The molecule has 0 bridgehead atoms. The average Bonchev–Trinajstić information content (AvgIpc) is 3.02. The molecule has 3 heteroatoms. The number of nitrogens with one attached hydrogen (secondary N) is 1. The van der Waals surface area contributed by atoms with Gasteiger partial charge in [0, 0.05) is 33.4 Å². The molecule has 3 rings (SSSR count). The van der Waals surface area contributed by atoms with Crippen LogP contribution in [0.4, 0.5) is 5.69 Å². The Morgan fingerprint density at radius 2 is 1.67 bits per heavy atom. The molecular formula is C18H17IN2. The van der Waals surface area contributed by atoms with Crippen molar-refractivity contribution < 1.29 is 0 Å². The van der Waals surface area contributed by atoms with Crippen LogP contribution in [0.1, 0.15) is 18.5 Å². The van der Waals surface area contributed by atoms with E-state index in [0.29, 0.717) is 0 Å². The minimum Gasteiger partial charge on any atom is -0.378 e. The molecule has 0 saturated carbocycles. The lowest BCUT2D eigenvalue weighted by molar-refractivity contribution is 0.883. The second-order valence-electron chi connectivity index (χ2n) is 5.06. The fourth-order valence-corrected chi connectivity index (χ4v) is 2.71.